The molecule has 1 aromatic heterocycles. The molecule has 1 unspecified atom stereocenters. The van der Waals surface area contributed by atoms with Crippen LogP contribution in [-0.2, 0) is 9.59 Å². The number of pyridine rings is 1. The number of nitrogens with two attached hydrogens (primary N) is 1. The molecule has 1 aromatic rings. The minimum atomic E-state index is -0.243. The zero-order chi connectivity index (χ0) is 18.1. The van der Waals surface area contributed by atoms with Crippen molar-refractivity contribution in [3.8, 4) is 0 Å². The number of rotatable bonds is 9. The molecule has 0 spiro atoms. The topological polar surface area (TPSA) is 88.3 Å². The second-order valence-electron chi connectivity index (χ2n) is 6.80. The summed E-state index contributed by atoms with van der Waals surface area (Å²) in [5.41, 5.74) is 6.13. The summed E-state index contributed by atoms with van der Waals surface area (Å²) in [7, 11) is 0. The number of carbonyl (C=O) groups is 2. The molecule has 3 N–H and O–H groups in total. The lowest BCUT2D eigenvalue weighted by Gasteiger charge is -2.32. The summed E-state index contributed by atoms with van der Waals surface area (Å²) >= 11 is 0. The number of primary amides is 1. The van der Waals surface area contributed by atoms with Gasteiger partial charge in [0, 0.05) is 19.5 Å². The average Bonchev–Trinajstić information content (AvgIpc) is 2.62. The third-order valence-electron chi connectivity index (χ3n) is 4.69. The second-order valence-corrected chi connectivity index (χ2v) is 6.80. The summed E-state index contributed by atoms with van der Waals surface area (Å²) in [6.45, 7) is 3.67. The summed E-state index contributed by atoms with van der Waals surface area (Å²) in [6, 6.07) is 3.76. The number of piperidine rings is 1. The van der Waals surface area contributed by atoms with Crippen molar-refractivity contribution in [3.05, 3.63) is 18.3 Å². The summed E-state index contributed by atoms with van der Waals surface area (Å²) in [4.78, 5) is 29.8. The number of nitrogens with one attached hydrogen (secondary N) is 1. The van der Waals surface area contributed by atoms with E-state index in [1.54, 1.807) is 6.20 Å². The maximum atomic E-state index is 11.9. The minimum absolute atomic E-state index is 0.0396. The smallest absolute Gasteiger partial charge is 0.224 e. The molecule has 2 amide bonds. The molecule has 0 radical (unpaired) electrons. The molecule has 25 heavy (non-hydrogen) atoms. The Morgan fingerprint density at radius 3 is 2.76 bits per heavy atom. The Morgan fingerprint density at radius 2 is 2.08 bits per heavy atom. The van der Waals surface area contributed by atoms with E-state index in [0.717, 1.165) is 38.0 Å². The number of unbranched alkanes of at least 4 members (excludes halogenated alkanes) is 4. The molecule has 0 bridgehead atoms. The van der Waals surface area contributed by atoms with Crippen LogP contribution < -0.4 is 16.0 Å². The summed E-state index contributed by atoms with van der Waals surface area (Å²) < 4.78 is 0. The van der Waals surface area contributed by atoms with Crippen LogP contribution in [0.4, 0.5) is 11.5 Å². The highest BCUT2D eigenvalue weighted by molar-refractivity contribution is 5.90. The van der Waals surface area contributed by atoms with Crippen LogP contribution in [-0.4, -0.2) is 29.9 Å². The maximum Gasteiger partial charge on any atom is 0.224 e. The van der Waals surface area contributed by atoms with Crippen molar-refractivity contribution in [2.45, 2.75) is 58.3 Å². The molecule has 1 atom stereocenters. The van der Waals surface area contributed by atoms with Gasteiger partial charge in [0.1, 0.15) is 5.82 Å². The Hall–Kier alpha value is -2.11. The summed E-state index contributed by atoms with van der Waals surface area (Å²) in [6.07, 6.45) is 9.69. The van der Waals surface area contributed by atoms with Gasteiger partial charge in [-0.2, -0.15) is 0 Å². The van der Waals surface area contributed by atoms with Gasteiger partial charge >= 0.3 is 0 Å². The first kappa shape index (κ1) is 19.2. The Kier molecular flexibility index (Phi) is 7.70. The van der Waals surface area contributed by atoms with Crippen LogP contribution in [0.3, 0.4) is 0 Å². The number of hydrogen-bond acceptors (Lipinski definition) is 4. The third kappa shape index (κ3) is 6.36. The van der Waals surface area contributed by atoms with Crippen LogP contribution in [0, 0.1) is 5.92 Å². The molecule has 0 saturated carbocycles. The predicted octanol–water partition coefficient (Wildman–Crippen LogP) is 3.08. The van der Waals surface area contributed by atoms with Crippen molar-refractivity contribution < 1.29 is 9.59 Å². The first-order chi connectivity index (χ1) is 12.1. The Morgan fingerprint density at radius 1 is 1.28 bits per heavy atom. The fraction of sp³-hybridized carbons (Fsp3) is 0.632. The van der Waals surface area contributed by atoms with Crippen molar-refractivity contribution in [3.63, 3.8) is 0 Å². The molecule has 2 heterocycles. The lowest BCUT2D eigenvalue weighted by Crippen LogP contribution is -2.41. The van der Waals surface area contributed by atoms with Gasteiger partial charge in [0.25, 0.3) is 0 Å². The van der Waals surface area contributed by atoms with Gasteiger partial charge in [0.15, 0.2) is 0 Å². The molecule has 1 aliphatic rings. The monoisotopic (exact) mass is 346 g/mol. The molecule has 1 aliphatic heterocycles. The molecule has 1 fully saturated rings. The van der Waals surface area contributed by atoms with E-state index in [2.05, 4.69) is 22.1 Å². The maximum absolute atomic E-state index is 11.9. The van der Waals surface area contributed by atoms with Gasteiger partial charge in [-0.05, 0) is 31.4 Å². The summed E-state index contributed by atoms with van der Waals surface area (Å²) in [5.74, 6) is 0.511. The number of nitrogens with zero attached hydrogens (tertiary/aromatic N) is 2. The Bertz CT molecular complexity index is 559. The van der Waals surface area contributed by atoms with E-state index in [0.29, 0.717) is 18.7 Å². The Labute approximate surface area is 150 Å². The van der Waals surface area contributed by atoms with Crippen LogP contribution in [0.1, 0.15) is 58.3 Å². The molecule has 0 aliphatic carbocycles. The second kappa shape index (κ2) is 10.0. The fourth-order valence-corrected chi connectivity index (χ4v) is 3.18. The summed E-state index contributed by atoms with van der Waals surface area (Å²) in [5, 5.41) is 2.90. The first-order valence-corrected chi connectivity index (χ1v) is 9.40. The lowest BCUT2D eigenvalue weighted by atomic mass is 9.97. The van der Waals surface area contributed by atoms with Gasteiger partial charge in [-0.15, -0.1) is 0 Å². The van der Waals surface area contributed by atoms with Crippen LogP contribution in [0.15, 0.2) is 18.3 Å². The highest BCUT2D eigenvalue weighted by Gasteiger charge is 2.24. The van der Waals surface area contributed by atoms with Crippen LogP contribution in [0.5, 0.6) is 0 Å². The average molecular weight is 346 g/mol. The molecular weight excluding hydrogens is 316 g/mol. The molecule has 0 aromatic carbocycles. The van der Waals surface area contributed by atoms with E-state index in [1.807, 2.05) is 12.1 Å². The standard InChI is InChI=1S/C19H30N4O2/c1-2-3-4-5-6-9-18(24)22-16-10-11-17(21-13-16)23-12-7-8-15(14-23)19(20)25/h10-11,13,15H,2-9,12,14H2,1H3,(H2,20,25)(H,22,24). The molecule has 6 nitrogen and oxygen atoms in total. The van der Waals surface area contributed by atoms with Crippen LogP contribution in [0.25, 0.3) is 0 Å². The predicted molar refractivity (Wildman–Crippen MR) is 100 cm³/mol. The van der Waals surface area contributed by atoms with Gasteiger partial charge in [-0.25, -0.2) is 4.98 Å². The lowest BCUT2D eigenvalue weighted by molar-refractivity contribution is -0.122. The normalized spacial score (nSPS) is 17.3. The zero-order valence-electron chi connectivity index (χ0n) is 15.2. The molecule has 138 valence electrons. The third-order valence-corrected chi connectivity index (χ3v) is 4.69. The van der Waals surface area contributed by atoms with E-state index < -0.39 is 0 Å². The number of amides is 2. The van der Waals surface area contributed by atoms with Gasteiger partial charge in [0.2, 0.25) is 11.8 Å². The van der Waals surface area contributed by atoms with E-state index >= 15 is 0 Å². The largest absolute Gasteiger partial charge is 0.369 e. The highest BCUT2D eigenvalue weighted by Crippen LogP contribution is 2.22. The van der Waals surface area contributed by atoms with Gasteiger partial charge < -0.3 is 16.0 Å². The zero-order valence-corrected chi connectivity index (χ0v) is 15.2. The van der Waals surface area contributed by atoms with Crippen molar-refractivity contribution in [2.24, 2.45) is 11.7 Å². The van der Waals surface area contributed by atoms with Crippen molar-refractivity contribution in [1.29, 1.82) is 0 Å². The van der Waals surface area contributed by atoms with E-state index in [1.165, 1.54) is 19.3 Å². The van der Waals surface area contributed by atoms with Crippen LogP contribution >= 0.6 is 0 Å². The number of carbonyl (C=O) groups excluding carboxylic acids is 2. The Balaban J connectivity index is 1.79. The van der Waals surface area contributed by atoms with E-state index in [4.69, 9.17) is 5.73 Å². The minimum Gasteiger partial charge on any atom is -0.369 e. The van der Waals surface area contributed by atoms with E-state index in [9.17, 15) is 9.59 Å². The number of hydrogen-bond donors (Lipinski definition) is 2. The fourth-order valence-electron chi connectivity index (χ4n) is 3.18. The molecule has 2 rings (SSSR count). The van der Waals surface area contributed by atoms with Crippen molar-refractivity contribution in [2.75, 3.05) is 23.3 Å². The first-order valence-electron chi connectivity index (χ1n) is 9.40. The van der Waals surface area contributed by atoms with Gasteiger partial charge in [0.05, 0.1) is 17.8 Å². The van der Waals surface area contributed by atoms with E-state index in [-0.39, 0.29) is 17.7 Å². The molecule has 6 heteroatoms. The van der Waals surface area contributed by atoms with Crippen molar-refractivity contribution >= 4 is 23.3 Å². The molecular formula is C19H30N4O2. The number of aromatic nitrogens is 1. The number of anilines is 2. The SMILES string of the molecule is CCCCCCCC(=O)Nc1ccc(N2CCCC(C(N)=O)C2)nc1. The van der Waals surface area contributed by atoms with Crippen LogP contribution in [0.2, 0.25) is 0 Å². The highest BCUT2D eigenvalue weighted by atomic mass is 16.2. The van der Waals surface area contributed by atoms with Gasteiger partial charge in [-0.1, -0.05) is 32.6 Å². The molecule has 1 saturated heterocycles. The van der Waals surface area contributed by atoms with Gasteiger partial charge in [-0.3, -0.25) is 9.59 Å². The van der Waals surface area contributed by atoms with Crippen molar-refractivity contribution in [1.82, 2.24) is 4.98 Å². The quantitative estimate of drug-likeness (QED) is 0.673.